The molecule has 0 aliphatic carbocycles. The fourth-order valence-electron chi connectivity index (χ4n) is 6.02. The zero-order chi connectivity index (χ0) is 28.3. The third-order valence-corrected chi connectivity index (χ3v) is 8.38. The second kappa shape index (κ2) is 11.6. The molecule has 4 heterocycles. The van der Waals surface area contributed by atoms with Gasteiger partial charge in [0.25, 0.3) is 0 Å². The van der Waals surface area contributed by atoms with Crippen molar-refractivity contribution in [3.8, 4) is 17.0 Å². The van der Waals surface area contributed by atoms with Gasteiger partial charge in [0.05, 0.1) is 41.6 Å². The minimum absolute atomic E-state index is 0.562. The lowest BCUT2D eigenvalue weighted by atomic mass is 10.0. The quantitative estimate of drug-likeness (QED) is 0.316. The van der Waals surface area contributed by atoms with Crippen molar-refractivity contribution < 1.29 is 9.53 Å². The summed E-state index contributed by atoms with van der Waals surface area (Å²) in [6.07, 6.45) is 6.61. The van der Waals surface area contributed by atoms with Gasteiger partial charge >= 0.3 is 0 Å². The van der Waals surface area contributed by atoms with Crippen molar-refractivity contribution in [1.29, 1.82) is 0 Å². The molecule has 0 radical (unpaired) electrons. The van der Waals surface area contributed by atoms with Crippen LogP contribution in [0.1, 0.15) is 12.8 Å². The molecule has 0 bridgehead atoms. The Morgan fingerprint density at radius 3 is 2.51 bits per heavy atom. The van der Waals surface area contributed by atoms with E-state index in [0.29, 0.717) is 11.9 Å². The molecule has 0 spiro atoms. The number of anilines is 4. The molecule has 2 saturated heterocycles. The molecule has 2 N–H and O–H groups in total. The lowest BCUT2D eigenvalue weighted by Crippen LogP contribution is -2.52. The maximum Gasteiger partial charge on any atom is 0.209 e. The summed E-state index contributed by atoms with van der Waals surface area (Å²) in [4.78, 5) is 26.9. The third-order valence-electron chi connectivity index (χ3n) is 8.38. The highest BCUT2D eigenvalue weighted by molar-refractivity contribution is 5.85. The van der Waals surface area contributed by atoms with E-state index in [9.17, 15) is 4.79 Å². The largest absolute Gasteiger partial charge is 0.494 e. The van der Waals surface area contributed by atoms with Crippen LogP contribution in [-0.2, 0) is 11.8 Å². The summed E-state index contributed by atoms with van der Waals surface area (Å²) in [5.41, 5.74) is 5.90. The molecule has 2 aromatic heterocycles. The number of piperazine rings is 1. The summed E-state index contributed by atoms with van der Waals surface area (Å²) >= 11 is 0. The van der Waals surface area contributed by atoms with Crippen LogP contribution in [-0.4, -0.2) is 95.4 Å². The second-order valence-electron chi connectivity index (χ2n) is 10.7. The summed E-state index contributed by atoms with van der Waals surface area (Å²) in [7, 11) is 5.59. The highest BCUT2D eigenvalue weighted by Crippen LogP contribution is 2.39. The van der Waals surface area contributed by atoms with Gasteiger partial charge in [0, 0.05) is 82.5 Å². The molecule has 1 amide bonds. The van der Waals surface area contributed by atoms with Gasteiger partial charge in [-0.1, -0.05) is 6.07 Å². The van der Waals surface area contributed by atoms with Gasteiger partial charge in [-0.25, -0.2) is 9.97 Å². The van der Waals surface area contributed by atoms with E-state index in [1.807, 2.05) is 35.9 Å². The zero-order valence-electron chi connectivity index (χ0n) is 23.9. The summed E-state index contributed by atoms with van der Waals surface area (Å²) in [5, 5.41) is 12.2. The van der Waals surface area contributed by atoms with Gasteiger partial charge in [-0.2, -0.15) is 5.10 Å². The number of fused-ring (bicyclic) bond motifs is 1. The van der Waals surface area contributed by atoms with Crippen molar-refractivity contribution in [2.75, 3.05) is 69.0 Å². The Morgan fingerprint density at radius 1 is 0.976 bits per heavy atom. The number of hydrogen-bond donors (Lipinski definition) is 2. The lowest BCUT2D eigenvalue weighted by Gasteiger charge is -2.43. The second-order valence-corrected chi connectivity index (χ2v) is 10.7. The SMILES string of the molecule is CNc1cc(Nc2cc(-c3ccc4c(cnn4C)c3)ncn2)c(OC)cc1N1CCC(N2CCN(C=O)CC2)CC1. The van der Waals surface area contributed by atoms with Gasteiger partial charge in [0.2, 0.25) is 6.41 Å². The number of carbonyl (C=O) groups excluding carboxylic acids is 1. The summed E-state index contributed by atoms with van der Waals surface area (Å²) in [6, 6.07) is 12.9. The average molecular weight is 556 g/mol. The van der Waals surface area contributed by atoms with Crippen LogP contribution in [0.2, 0.25) is 0 Å². The van der Waals surface area contributed by atoms with E-state index in [-0.39, 0.29) is 0 Å². The van der Waals surface area contributed by atoms with Crippen LogP contribution >= 0.6 is 0 Å². The number of nitrogens with one attached hydrogen (secondary N) is 2. The first-order valence-corrected chi connectivity index (χ1v) is 14.2. The number of rotatable bonds is 8. The highest BCUT2D eigenvalue weighted by atomic mass is 16.5. The Labute approximate surface area is 240 Å². The van der Waals surface area contributed by atoms with Gasteiger partial charge in [0.1, 0.15) is 17.9 Å². The van der Waals surface area contributed by atoms with Crippen LogP contribution in [0, 0.1) is 0 Å². The molecule has 41 heavy (non-hydrogen) atoms. The Morgan fingerprint density at radius 2 is 1.78 bits per heavy atom. The zero-order valence-corrected chi connectivity index (χ0v) is 23.9. The molecule has 6 rings (SSSR count). The van der Waals surface area contributed by atoms with Crippen molar-refractivity contribution in [2.24, 2.45) is 7.05 Å². The van der Waals surface area contributed by atoms with Gasteiger partial charge in [-0.3, -0.25) is 14.4 Å². The Hall–Kier alpha value is -4.38. The first kappa shape index (κ1) is 26.8. The normalized spacial score (nSPS) is 16.7. The first-order valence-electron chi connectivity index (χ1n) is 14.2. The van der Waals surface area contributed by atoms with Crippen LogP contribution in [0.3, 0.4) is 0 Å². The summed E-state index contributed by atoms with van der Waals surface area (Å²) < 4.78 is 7.70. The van der Waals surface area contributed by atoms with Gasteiger partial charge in [-0.15, -0.1) is 0 Å². The van der Waals surface area contributed by atoms with Crippen LogP contribution in [0.4, 0.5) is 22.9 Å². The minimum atomic E-state index is 0.562. The van der Waals surface area contributed by atoms with E-state index in [1.165, 1.54) is 0 Å². The van der Waals surface area contributed by atoms with E-state index in [2.05, 4.69) is 65.8 Å². The molecule has 0 unspecified atom stereocenters. The van der Waals surface area contributed by atoms with Gasteiger partial charge < -0.3 is 25.2 Å². The fraction of sp³-hybridized carbons (Fsp3) is 0.400. The molecule has 4 aromatic rings. The summed E-state index contributed by atoms with van der Waals surface area (Å²) in [6.45, 7) is 5.52. The number of nitrogens with zero attached hydrogens (tertiary/aromatic N) is 7. The van der Waals surface area contributed by atoms with Crippen molar-refractivity contribution >= 4 is 40.2 Å². The van der Waals surface area contributed by atoms with Gasteiger partial charge in [-0.05, 0) is 31.0 Å². The van der Waals surface area contributed by atoms with E-state index >= 15 is 0 Å². The predicted molar refractivity (Wildman–Crippen MR) is 162 cm³/mol. The standard InChI is InChI=1S/C30H37N9O2/c1-31-25-15-26(35-30-16-24(32-19-33-30)21-4-5-27-22(14-21)18-34-36(27)2)29(41-3)17-28(25)39-8-6-23(7-9-39)38-12-10-37(20-40)11-13-38/h4-5,14-20,23,31H,6-13H2,1-3H3,(H,32,33,35). The van der Waals surface area contributed by atoms with Gasteiger partial charge in [0.15, 0.2) is 0 Å². The highest BCUT2D eigenvalue weighted by Gasteiger charge is 2.28. The Balaban J connectivity index is 1.18. The van der Waals surface area contributed by atoms with Crippen LogP contribution in [0.5, 0.6) is 5.75 Å². The van der Waals surface area contributed by atoms with Crippen molar-refractivity contribution in [3.63, 3.8) is 0 Å². The molecule has 2 aliphatic heterocycles. The monoisotopic (exact) mass is 555 g/mol. The number of methoxy groups -OCH3 is 1. The lowest BCUT2D eigenvalue weighted by molar-refractivity contribution is -0.120. The predicted octanol–water partition coefficient (Wildman–Crippen LogP) is 3.57. The molecule has 0 atom stereocenters. The number of piperidine rings is 1. The van der Waals surface area contributed by atoms with Crippen LogP contribution in [0.15, 0.2) is 48.9 Å². The molecular formula is C30H37N9O2. The smallest absolute Gasteiger partial charge is 0.209 e. The van der Waals surface area contributed by atoms with E-state index < -0.39 is 0 Å². The average Bonchev–Trinajstić information content (AvgIpc) is 3.40. The van der Waals surface area contributed by atoms with E-state index in [0.717, 1.165) is 103 Å². The minimum Gasteiger partial charge on any atom is -0.494 e. The number of amides is 1. The molecule has 2 aromatic carbocycles. The van der Waals surface area contributed by atoms with Crippen molar-refractivity contribution in [2.45, 2.75) is 18.9 Å². The molecule has 11 heteroatoms. The van der Waals surface area contributed by atoms with Crippen molar-refractivity contribution in [1.82, 2.24) is 29.5 Å². The number of aromatic nitrogens is 4. The topological polar surface area (TPSA) is 104 Å². The van der Waals surface area contributed by atoms with Crippen molar-refractivity contribution in [3.05, 3.63) is 48.9 Å². The van der Waals surface area contributed by atoms with Crippen LogP contribution in [0.25, 0.3) is 22.2 Å². The van der Waals surface area contributed by atoms with Crippen LogP contribution < -0.4 is 20.3 Å². The third kappa shape index (κ3) is 5.49. The van der Waals surface area contributed by atoms with E-state index in [4.69, 9.17) is 4.74 Å². The number of aryl methyl sites for hydroxylation is 1. The number of hydrogen-bond acceptors (Lipinski definition) is 9. The molecule has 0 saturated carbocycles. The molecule has 214 valence electrons. The molecular weight excluding hydrogens is 518 g/mol. The first-order chi connectivity index (χ1) is 20.1. The molecule has 2 aliphatic rings. The Bertz CT molecular complexity index is 1520. The summed E-state index contributed by atoms with van der Waals surface area (Å²) in [5.74, 6) is 1.44. The van der Waals surface area contributed by atoms with E-state index in [1.54, 1.807) is 13.4 Å². The molecule has 2 fully saturated rings. The molecule has 11 nitrogen and oxygen atoms in total. The number of ether oxygens (including phenoxy) is 1. The fourth-order valence-corrected chi connectivity index (χ4v) is 6.02. The number of carbonyl (C=O) groups is 1. The maximum absolute atomic E-state index is 11.1. The maximum atomic E-state index is 11.1. The Kier molecular flexibility index (Phi) is 7.60. The number of benzene rings is 2.